The molecular weight excluding hydrogens is 437 g/mol. The summed E-state index contributed by atoms with van der Waals surface area (Å²) in [5, 5.41) is 10.6. The second-order valence-corrected chi connectivity index (χ2v) is 8.56. The molecule has 2 fully saturated rings. The lowest BCUT2D eigenvalue weighted by atomic mass is 9.98. The number of halogens is 1. The van der Waals surface area contributed by atoms with Crippen LogP contribution in [0.25, 0.3) is 0 Å². The van der Waals surface area contributed by atoms with Crippen molar-refractivity contribution < 1.29 is 18.7 Å². The molecule has 8 nitrogen and oxygen atoms in total. The minimum absolute atomic E-state index is 0.000674. The van der Waals surface area contributed by atoms with Gasteiger partial charge in [-0.25, -0.2) is 4.39 Å². The van der Waals surface area contributed by atoms with E-state index in [0.29, 0.717) is 37.6 Å². The molecule has 2 aliphatic rings. The zero-order valence-electron chi connectivity index (χ0n) is 18.4. The van der Waals surface area contributed by atoms with E-state index in [4.69, 9.17) is 4.74 Å². The van der Waals surface area contributed by atoms with E-state index >= 15 is 0 Å². The van der Waals surface area contributed by atoms with E-state index in [1.165, 1.54) is 12.1 Å². The quantitative estimate of drug-likeness (QED) is 0.582. The van der Waals surface area contributed by atoms with E-state index in [2.05, 4.69) is 20.4 Å². The Morgan fingerprint density at radius 3 is 2.38 bits per heavy atom. The van der Waals surface area contributed by atoms with Crippen molar-refractivity contribution in [2.24, 2.45) is 5.92 Å². The van der Waals surface area contributed by atoms with Gasteiger partial charge in [-0.15, -0.1) is 0 Å². The molecule has 2 amide bonds. The van der Waals surface area contributed by atoms with Crippen LogP contribution < -0.4 is 15.0 Å². The number of nitrogens with one attached hydrogen (secondary N) is 1. The molecule has 174 valence electrons. The number of likely N-dealkylation sites (tertiary alicyclic amines) is 1. The fourth-order valence-corrected chi connectivity index (χ4v) is 3.98. The van der Waals surface area contributed by atoms with Crippen LogP contribution in [0.15, 0.2) is 67.0 Å². The van der Waals surface area contributed by atoms with Crippen molar-refractivity contribution in [1.29, 1.82) is 0 Å². The normalized spacial score (nSPS) is 15.9. The van der Waals surface area contributed by atoms with Gasteiger partial charge in [0.25, 0.3) is 0 Å². The monoisotopic (exact) mass is 461 g/mol. The molecule has 0 saturated carbocycles. The number of rotatable bonds is 7. The van der Waals surface area contributed by atoms with Gasteiger partial charge in [-0.05, 0) is 48.0 Å². The number of benzene rings is 2. The van der Waals surface area contributed by atoms with Crippen molar-refractivity contribution in [2.75, 3.05) is 36.4 Å². The van der Waals surface area contributed by atoms with E-state index in [1.54, 1.807) is 29.4 Å². The Bertz CT molecular complexity index is 1150. The van der Waals surface area contributed by atoms with E-state index in [9.17, 15) is 14.0 Å². The highest BCUT2D eigenvalue weighted by Crippen LogP contribution is 2.25. The topological polar surface area (TPSA) is 87.7 Å². The molecule has 2 saturated heterocycles. The van der Waals surface area contributed by atoms with Crippen LogP contribution in [0, 0.1) is 11.7 Å². The lowest BCUT2D eigenvalue weighted by molar-refractivity contribution is -0.139. The Morgan fingerprint density at radius 1 is 0.971 bits per heavy atom. The molecule has 0 atom stereocenters. The molecule has 3 aromatic rings. The second-order valence-electron chi connectivity index (χ2n) is 8.56. The van der Waals surface area contributed by atoms with Crippen molar-refractivity contribution in [3.63, 3.8) is 0 Å². The van der Waals surface area contributed by atoms with Crippen LogP contribution in [0.2, 0.25) is 0 Å². The molecule has 9 heteroatoms. The zero-order valence-corrected chi connectivity index (χ0v) is 18.4. The Balaban J connectivity index is 1.04. The summed E-state index contributed by atoms with van der Waals surface area (Å²) in [6, 6.07) is 15.1. The highest BCUT2D eigenvalue weighted by molar-refractivity contribution is 5.94. The van der Waals surface area contributed by atoms with Crippen LogP contribution in [-0.4, -0.2) is 59.2 Å². The maximum Gasteiger partial charge on any atom is 0.231 e. The first-order valence-corrected chi connectivity index (χ1v) is 11.1. The summed E-state index contributed by atoms with van der Waals surface area (Å²) in [5.41, 5.74) is 2.47. The molecule has 2 aliphatic heterocycles. The number of ether oxygens (including phenoxy) is 1. The first kappa shape index (κ1) is 21.8. The van der Waals surface area contributed by atoms with Crippen LogP contribution in [0.3, 0.4) is 0 Å². The van der Waals surface area contributed by atoms with Gasteiger partial charge in [0.2, 0.25) is 11.8 Å². The van der Waals surface area contributed by atoms with Crippen LogP contribution in [-0.2, 0) is 16.0 Å². The molecule has 0 radical (unpaired) electrons. The Hall–Kier alpha value is -4.01. The number of nitrogens with zero attached hydrogens (tertiary/aromatic N) is 4. The lowest BCUT2D eigenvalue weighted by Gasteiger charge is -2.39. The first-order chi connectivity index (χ1) is 16.5. The van der Waals surface area contributed by atoms with E-state index < -0.39 is 0 Å². The third-order valence-corrected chi connectivity index (χ3v) is 6.08. The van der Waals surface area contributed by atoms with Gasteiger partial charge in [0.15, 0.2) is 0 Å². The summed E-state index contributed by atoms with van der Waals surface area (Å²) in [5.74, 6) is 0.291. The molecule has 0 spiro atoms. The lowest BCUT2D eigenvalue weighted by Crippen LogP contribution is -2.56. The Kier molecular flexibility index (Phi) is 6.07. The summed E-state index contributed by atoms with van der Waals surface area (Å²) in [6.07, 6.45) is 3.51. The molecule has 2 aromatic carbocycles. The number of aromatic nitrogens is 2. The third-order valence-electron chi connectivity index (χ3n) is 6.08. The molecule has 34 heavy (non-hydrogen) atoms. The SMILES string of the molecule is O=C(Nc1ccc(OC2CN(C(=O)Cc3ccc(F)cc3)C2)cc1)C1CN(c2ccnnc2)C1. The molecule has 3 heterocycles. The molecule has 5 rings (SSSR count). The molecule has 0 bridgehead atoms. The minimum atomic E-state index is -0.312. The number of amides is 2. The third kappa shape index (κ3) is 4.98. The Labute approximate surface area is 196 Å². The van der Waals surface area contributed by atoms with Crippen LogP contribution in [0.1, 0.15) is 5.56 Å². The van der Waals surface area contributed by atoms with Crippen LogP contribution >= 0.6 is 0 Å². The van der Waals surface area contributed by atoms with Crippen molar-refractivity contribution in [3.8, 4) is 5.75 Å². The number of hydrogen-bond acceptors (Lipinski definition) is 6. The fraction of sp³-hybridized carbons (Fsp3) is 0.280. The minimum Gasteiger partial charge on any atom is -0.487 e. The van der Waals surface area contributed by atoms with Gasteiger partial charge in [-0.2, -0.15) is 10.2 Å². The summed E-state index contributed by atoms with van der Waals surface area (Å²) < 4.78 is 18.9. The standard InChI is InChI=1S/C25H24FN5O3/c26-19-3-1-17(2-4-19)11-24(32)31-15-23(16-31)34-22-7-5-20(6-8-22)29-25(33)18-13-30(14-18)21-9-10-27-28-12-21/h1-10,12,18,23H,11,13-16H2,(H,29,33). The number of anilines is 2. The summed E-state index contributed by atoms with van der Waals surface area (Å²) >= 11 is 0. The average molecular weight is 461 g/mol. The van der Waals surface area contributed by atoms with E-state index in [1.807, 2.05) is 30.3 Å². The van der Waals surface area contributed by atoms with Crippen molar-refractivity contribution in [3.05, 3.63) is 78.4 Å². The van der Waals surface area contributed by atoms with Crippen LogP contribution in [0.5, 0.6) is 5.75 Å². The van der Waals surface area contributed by atoms with Crippen molar-refractivity contribution >= 4 is 23.2 Å². The number of hydrogen-bond donors (Lipinski definition) is 1. The van der Waals surface area contributed by atoms with Gasteiger partial charge in [-0.1, -0.05) is 12.1 Å². The number of carbonyl (C=O) groups excluding carboxylic acids is 2. The van der Waals surface area contributed by atoms with E-state index in [-0.39, 0.29) is 36.1 Å². The molecular formula is C25H24FN5O3. The highest BCUT2D eigenvalue weighted by atomic mass is 19.1. The largest absolute Gasteiger partial charge is 0.487 e. The van der Waals surface area contributed by atoms with Gasteiger partial charge in [-0.3, -0.25) is 9.59 Å². The fourth-order valence-electron chi connectivity index (χ4n) is 3.98. The predicted molar refractivity (Wildman–Crippen MR) is 124 cm³/mol. The number of carbonyl (C=O) groups is 2. The predicted octanol–water partition coefficient (Wildman–Crippen LogP) is 2.52. The maximum absolute atomic E-state index is 13.0. The Morgan fingerprint density at radius 2 is 1.71 bits per heavy atom. The van der Waals surface area contributed by atoms with Crippen molar-refractivity contribution in [2.45, 2.75) is 12.5 Å². The van der Waals surface area contributed by atoms with E-state index in [0.717, 1.165) is 11.3 Å². The van der Waals surface area contributed by atoms with Crippen molar-refractivity contribution in [1.82, 2.24) is 15.1 Å². The molecule has 0 unspecified atom stereocenters. The summed E-state index contributed by atoms with van der Waals surface area (Å²) in [6.45, 7) is 2.33. The smallest absolute Gasteiger partial charge is 0.231 e. The van der Waals surface area contributed by atoms with Gasteiger partial charge in [0, 0.05) is 18.8 Å². The van der Waals surface area contributed by atoms with Gasteiger partial charge < -0.3 is 19.9 Å². The maximum atomic E-state index is 13.0. The van der Waals surface area contributed by atoms with Gasteiger partial charge in [0.05, 0.1) is 43.5 Å². The van der Waals surface area contributed by atoms with Gasteiger partial charge >= 0.3 is 0 Å². The molecule has 0 aliphatic carbocycles. The summed E-state index contributed by atoms with van der Waals surface area (Å²) in [4.78, 5) is 28.6. The second kappa shape index (κ2) is 9.46. The zero-order chi connectivity index (χ0) is 23.5. The molecule has 1 N–H and O–H groups in total. The first-order valence-electron chi connectivity index (χ1n) is 11.1. The van der Waals surface area contributed by atoms with Crippen LogP contribution in [0.4, 0.5) is 15.8 Å². The molecule has 1 aromatic heterocycles. The highest BCUT2D eigenvalue weighted by Gasteiger charge is 2.33. The van der Waals surface area contributed by atoms with Gasteiger partial charge in [0.1, 0.15) is 17.7 Å². The summed E-state index contributed by atoms with van der Waals surface area (Å²) in [7, 11) is 0. The average Bonchev–Trinajstić information content (AvgIpc) is 2.78.